The minimum atomic E-state index is -1.42. The molecule has 0 atom stereocenters. The molecule has 0 fully saturated rings. The van der Waals surface area contributed by atoms with Gasteiger partial charge in [-0.15, -0.1) is 0 Å². The van der Waals surface area contributed by atoms with E-state index in [-0.39, 0.29) is 21.1 Å². The Morgan fingerprint density at radius 2 is 1.25 bits per heavy atom. The van der Waals surface area contributed by atoms with Gasteiger partial charge in [-0.3, -0.25) is 0 Å². The van der Waals surface area contributed by atoms with Crippen molar-refractivity contribution >= 4 is 9.03 Å². The van der Waals surface area contributed by atoms with Crippen LogP contribution in [0.5, 0.6) is 0 Å². The van der Waals surface area contributed by atoms with Gasteiger partial charge in [0, 0.05) is 0 Å². The van der Waals surface area contributed by atoms with Crippen molar-refractivity contribution in [1.29, 1.82) is 0 Å². The van der Waals surface area contributed by atoms with Crippen LogP contribution >= 0.6 is 9.03 Å². The quantitative estimate of drug-likeness (QED) is 0.482. The molecule has 0 aromatic heterocycles. The van der Waals surface area contributed by atoms with Crippen molar-refractivity contribution in [3.8, 4) is 0 Å². The first-order valence-electron chi connectivity index (χ1n) is 0.408. The van der Waals surface area contributed by atoms with E-state index in [0.717, 1.165) is 0 Å². The van der Waals surface area contributed by atoms with E-state index in [1.54, 1.807) is 0 Å². The second-order valence-electron chi connectivity index (χ2n) is 0.0833. The van der Waals surface area contributed by atoms with E-state index >= 15 is 0 Å². The van der Waals surface area contributed by atoms with Crippen molar-refractivity contribution in [1.82, 2.24) is 0 Å². The fraction of sp³-hybridized carbons (Fsp3) is 0. The Bertz CT molecular complexity index is 6.00. The van der Waals surface area contributed by atoms with Crippen molar-refractivity contribution in [2.24, 2.45) is 0 Å². The van der Waals surface area contributed by atoms with Crippen LogP contribution in [-0.4, -0.2) is 0 Å². The summed E-state index contributed by atoms with van der Waals surface area (Å²) in [6.07, 6.45) is 0. The predicted octanol–water partition coefficient (Wildman–Crippen LogP) is -1.79. The standard InChI is InChI=1S/HO2P.Pt/c1-3-2;/h3H;/q-2;+2. The Kier molecular flexibility index (Phi) is 20.0. The maximum absolute atomic E-state index is 8.40. The molecule has 4 heavy (non-hydrogen) atoms. The van der Waals surface area contributed by atoms with Gasteiger partial charge in [0.25, 0.3) is 0 Å². The third kappa shape index (κ3) is 11.7. The third-order valence-corrected chi connectivity index (χ3v) is 0. The van der Waals surface area contributed by atoms with Gasteiger partial charge in [0.1, 0.15) is 0 Å². The molecule has 4 heteroatoms. The molecule has 0 heterocycles. The fourth-order valence-electron chi connectivity index (χ4n) is 0. The molecule has 0 radical (unpaired) electrons. The van der Waals surface area contributed by atoms with Crippen LogP contribution in [0.25, 0.3) is 0 Å². The molecule has 0 spiro atoms. The summed E-state index contributed by atoms with van der Waals surface area (Å²) in [6, 6.07) is 0. The second kappa shape index (κ2) is 8.97. The molecule has 0 bridgehead atoms. The van der Waals surface area contributed by atoms with Crippen molar-refractivity contribution in [2.75, 3.05) is 0 Å². The van der Waals surface area contributed by atoms with Gasteiger partial charge in [0.15, 0.2) is 0 Å². The van der Waals surface area contributed by atoms with Crippen LogP contribution in [0.15, 0.2) is 0 Å². The largest absolute Gasteiger partial charge is 2.00 e. The molecule has 0 amide bonds. The van der Waals surface area contributed by atoms with Crippen LogP contribution in [0.1, 0.15) is 0 Å². The minimum Gasteiger partial charge on any atom is -0.844 e. The molecule has 0 aromatic rings. The van der Waals surface area contributed by atoms with Crippen molar-refractivity contribution in [3.05, 3.63) is 0 Å². The van der Waals surface area contributed by atoms with Crippen LogP contribution in [0.2, 0.25) is 0 Å². The van der Waals surface area contributed by atoms with Crippen LogP contribution in [-0.2, 0) is 21.1 Å². The van der Waals surface area contributed by atoms with Gasteiger partial charge in [0.05, 0.1) is 0 Å². The molecule has 28 valence electrons. The summed E-state index contributed by atoms with van der Waals surface area (Å²) in [5.74, 6) is 0. The Morgan fingerprint density at radius 1 is 1.25 bits per heavy atom. The number of hydrogen-bond donors (Lipinski definition) is 0. The monoisotopic (exact) mass is 259 g/mol. The van der Waals surface area contributed by atoms with Gasteiger partial charge < -0.3 is 18.8 Å². The molecular weight excluding hydrogens is 258 g/mol. The first-order chi connectivity index (χ1) is 1.41. The van der Waals surface area contributed by atoms with E-state index in [2.05, 4.69) is 0 Å². The van der Waals surface area contributed by atoms with Crippen molar-refractivity contribution < 1.29 is 30.9 Å². The van der Waals surface area contributed by atoms with Gasteiger partial charge in [-0.25, -0.2) is 0 Å². The summed E-state index contributed by atoms with van der Waals surface area (Å²) in [5, 5.41) is 0. The Hall–Kier alpha value is 1.04. The van der Waals surface area contributed by atoms with E-state index in [0.29, 0.717) is 0 Å². The van der Waals surface area contributed by atoms with Crippen molar-refractivity contribution in [3.63, 3.8) is 0 Å². The zero-order valence-electron chi connectivity index (χ0n) is 1.63. The van der Waals surface area contributed by atoms with Gasteiger partial charge >= 0.3 is 21.1 Å². The van der Waals surface area contributed by atoms with E-state index < -0.39 is 9.03 Å². The van der Waals surface area contributed by atoms with Crippen molar-refractivity contribution in [2.45, 2.75) is 0 Å². The average molecular weight is 259 g/mol. The van der Waals surface area contributed by atoms with Gasteiger partial charge in [-0.2, -0.15) is 0 Å². The minimum absolute atomic E-state index is 0. The topological polar surface area (TPSA) is 46.1 Å². The van der Waals surface area contributed by atoms with E-state index in [1.165, 1.54) is 0 Å². The Balaban J connectivity index is 0. The first-order valence-corrected chi connectivity index (χ1v) is 1.22. The smallest absolute Gasteiger partial charge is 0.844 e. The summed E-state index contributed by atoms with van der Waals surface area (Å²) in [6.45, 7) is 0. The zero-order valence-corrected chi connectivity index (χ0v) is 4.90. The molecule has 0 aliphatic heterocycles. The third-order valence-electron chi connectivity index (χ3n) is 0. The fourth-order valence-corrected chi connectivity index (χ4v) is 0. The average Bonchev–Trinajstić information content (AvgIpc) is 0.918. The van der Waals surface area contributed by atoms with Gasteiger partial charge in [-0.1, -0.05) is 0 Å². The van der Waals surface area contributed by atoms with Crippen LogP contribution < -0.4 is 9.79 Å². The molecule has 0 saturated carbocycles. The van der Waals surface area contributed by atoms with E-state index in [1.807, 2.05) is 0 Å². The molecule has 0 N–H and O–H groups in total. The summed E-state index contributed by atoms with van der Waals surface area (Å²) in [4.78, 5) is 16.8. The Morgan fingerprint density at radius 3 is 1.25 bits per heavy atom. The normalized spacial score (nSPS) is 4.50. The van der Waals surface area contributed by atoms with Gasteiger partial charge in [-0.05, 0) is 0 Å². The van der Waals surface area contributed by atoms with E-state index in [4.69, 9.17) is 9.79 Å². The van der Waals surface area contributed by atoms with Crippen LogP contribution in [0, 0.1) is 0 Å². The molecule has 0 aliphatic rings. The molecule has 0 aromatic carbocycles. The van der Waals surface area contributed by atoms with E-state index in [9.17, 15) is 0 Å². The molecule has 0 aliphatic carbocycles. The molecular formula is HO2PPt. The first kappa shape index (κ1) is 8.90. The summed E-state index contributed by atoms with van der Waals surface area (Å²) < 4.78 is 0. The van der Waals surface area contributed by atoms with Crippen LogP contribution in [0.4, 0.5) is 0 Å². The SMILES string of the molecule is [O-]P[O-].[Pt+2]. The predicted molar refractivity (Wildman–Crippen MR) is 8.31 cm³/mol. The van der Waals surface area contributed by atoms with Gasteiger partial charge in [0.2, 0.25) is 0 Å². The molecule has 0 saturated heterocycles. The molecule has 2 nitrogen and oxygen atoms in total. The number of rotatable bonds is 0. The second-order valence-corrected chi connectivity index (χ2v) is 0.250. The molecule has 0 rings (SSSR count). The summed E-state index contributed by atoms with van der Waals surface area (Å²) >= 11 is 0. The number of hydrogen-bond acceptors (Lipinski definition) is 2. The summed E-state index contributed by atoms with van der Waals surface area (Å²) in [7, 11) is -1.42. The molecule has 0 unspecified atom stereocenters. The maximum atomic E-state index is 8.40. The summed E-state index contributed by atoms with van der Waals surface area (Å²) in [5.41, 5.74) is 0. The maximum Gasteiger partial charge on any atom is 2.00 e. The zero-order chi connectivity index (χ0) is 2.71. The van der Waals surface area contributed by atoms with Crippen LogP contribution in [0.3, 0.4) is 0 Å². The Labute approximate surface area is 40.4 Å².